The van der Waals surface area contributed by atoms with E-state index in [1.807, 2.05) is 13.8 Å². The second-order valence-corrected chi connectivity index (χ2v) is 9.48. The minimum absolute atomic E-state index is 0. The van der Waals surface area contributed by atoms with E-state index in [9.17, 15) is 30.6 Å². The summed E-state index contributed by atoms with van der Waals surface area (Å²) in [5, 5.41) is 61.6. The van der Waals surface area contributed by atoms with Crippen LogP contribution in [0.3, 0.4) is 0 Å². The molecule has 2 fully saturated rings. The number of rotatable bonds is 18. The Bertz CT molecular complexity index is 600. The molecule has 14 nitrogen and oxygen atoms in total. The van der Waals surface area contributed by atoms with Gasteiger partial charge in [-0.25, -0.2) is 0 Å². The van der Waals surface area contributed by atoms with Crippen molar-refractivity contribution in [2.24, 2.45) is 0 Å². The number of aliphatic hydroxyl groups is 6. The molecule has 0 saturated carbocycles. The van der Waals surface area contributed by atoms with Gasteiger partial charge in [0.05, 0.1) is 19.8 Å². The molecule has 11 unspecified atom stereocenters. The van der Waals surface area contributed by atoms with Crippen molar-refractivity contribution in [3.05, 3.63) is 0 Å². The van der Waals surface area contributed by atoms with Gasteiger partial charge >= 0.3 is 0 Å². The SMILES string of the molecule is CC.COCCCCCOC1OC(COC2OC(COCCCCOPO)C(O)C(O)C2O)C(O)C(O)C1O.[W]. The van der Waals surface area contributed by atoms with E-state index in [2.05, 4.69) is 0 Å². The van der Waals surface area contributed by atoms with Gasteiger partial charge in [0.2, 0.25) is 0 Å². The summed E-state index contributed by atoms with van der Waals surface area (Å²) < 4.78 is 37.6. The van der Waals surface area contributed by atoms with Gasteiger partial charge in [-0.3, -0.25) is 0 Å². The Morgan fingerprint density at radius 1 is 0.600 bits per heavy atom. The summed E-state index contributed by atoms with van der Waals surface area (Å²) in [4.78, 5) is 8.60. The van der Waals surface area contributed by atoms with E-state index < -0.39 is 70.4 Å². The van der Waals surface area contributed by atoms with Gasteiger partial charge in [-0.15, -0.1) is 0 Å². The first-order chi connectivity index (χ1) is 18.8. The van der Waals surface area contributed by atoms with E-state index in [0.717, 1.165) is 12.8 Å². The van der Waals surface area contributed by atoms with Crippen molar-refractivity contribution in [3.63, 3.8) is 0 Å². The number of aliphatic hydroxyl groups excluding tert-OH is 6. The van der Waals surface area contributed by atoms with Gasteiger partial charge < -0.3 is 68.5 Å². The van der Waals surface area contributed by atoms with E-state index in [0.29, 0.717) is 39.1 Å². The van der Waals surface area contributed by atoms with Crippen molar-refractivity contribution < 1.29 is 89.5 Å². The van der Waals surface area contributed by atoms with Gasteiger partial charge in [-0.1, -0.05) is 13.8 Å². The molecule has 240 valence electrons. The number of ether oxygens (including phenoxy) is 6. The predicted molar refractivity (Wildman–Crippen MR) is 139 cm³/mol. The predicted octanol–water partition coefficient (Wildman–Crippen LogP) is -1.21. The van der Waals surface area contributed by atoms with E-state index >= 15 is 0 Å². The molecular formula is C24H49O14PW. The molecule has 0 aromatic heterocycles. The first kappa shape index (κ1) is 40.6. The first-order valence-electron chi connectivity index (χ1n) is 13.5. The molecule has 2 aliphatic rings. The van der Waals surface area contributed by atoms with Crippen LogP contribution in [0.5, 0.6) is 0 Å². The summed E-state index contributed by atoms with van der Waals surface area (Å²) in [6, 6.07) is 0. The monoisotopic (exact) mass is 776 g/mol. The molecule has 2 heterocycles. The zero-order valence-electron chi connectivity index (χ0n) is 23.4. The molecule has 0 bridgehead atoms. The van der Waals surface area contributed by atoms with Crippen molar-refractivity contribution >= 4 is 9.03 Å². The second kappa shape index (κ2) is 23.9. The quantitative estimate of drug-likeness (QED) is 0.0645. The van der Waals surface area contributed by atoms with Crippen molar-refractivity contribution in [1.29, 1.82) is 0 Å². The number of unbranched alkanes of at least 4 members (excludes halogenated alkanes) is 3. The largest absolute Gasteiger partial charge is 0.387 e. The molecular weight excluding hydrogens is 727 g/mol. The molecule has 0 aliphatic carbocycles. The maximum atomic E-state index is 10.3. The van der Waals surface area contributed by atoms with Crippen LogP contribution in [-0.4, -0.2) is 144 Å². The minimum Gasteiger partial charge on any atom is -0.387 e. The second-order valence-electron chi connectivity index (χ2n) is 9.01. The third-order valence-corrected chi connectivity index (χ3v) is 6.50. The number of hydrogen-bond donors (Lipinski definition) is 7. The summed E-state index contributed by atoms with van der Waals surface area (Å²) in [6.45, 7) is 5.14. The van der Waals surface area contributed by atoms with E-state index in [4.69, 9.17) is 37.8 Å². The fourth-order valence-corrected chi connectivity index (χ4v) is 4.16. The summed E-state index contributed by atoms with van der Waals surface area (Å²) >= 11 is 0. The normalized spacial score (nSPS) is 34.4. The van der Waals surface area contributed by atoms with Crippen LogP contribution in [0.15, 0.2) is 0 Å². The minimum atomic E-state index is -1.60. The van der Waals surface area contributed by atoms with E-state index in [1.54, 1.807) is 7.11 Å². The van der Waals surface area contributed by atoms with E-state index in [-0.39, 0.29) is 40.9 Å². The van der Waals surface area contributed by atoms with Gasteiger partial charge in [0.1, 0.15) is 48.8 Å². The fourth-order valence-electron chi connectivity index (χ4n) is 3.92. The average Bonchev–Trinajstić information content (AvgIpc) is 2.95. The van der Waals surface area contributed by atoms with Crippen molar-refractivity contribution in [3.8, 4) is 0 Å². The van der Waals surface area contributed by atoms with Crippen LogP contribution in [0.4, 0.5) is 0 Å². The summed E-state index contributed by atoms with van der Waals surface area (Å²) in [5.41, 5.74) is 0. The molecule has 0 amide bonds. The van der Waals surface area contributed by atoms with Crippen LogP contribution in [0, 0.1) is 0 Å². The van der Waals surface area contributed by atoms with Crippen LogP contribution >= 0.6 is 9.03 Å². The Morgan fingerprint density at radius 2 is 1.10 bits per heavy atom. The van der Waals surface area contributed by atoms with Crippen LogP contribution in [-0.2, 0) is 54.0 Å². The Kier molecular flexibility index (Phi) is 24.3. The molecule has 2 saturated heterocycles. The average molecular weight is 776 g/mol. The zero-order valence-corrected chi connectivity index (χ0v) is 27.4. The van der Waals surface area contributed by atoms with Gasteiger partial charge in [-0.2, -0.15) is 0 Å². The molecule has 7 N–H and O–H groups in total. The Balaban J connectivity index is 0.00000495. The molecule has 2 aliphatic heterocycles. The zero-order chi connectivity index (χ0) is 29.2. The van der Waals surface area contributed by atoms with Gasteiger partial charge in [0.25, 0.3) is 0 Å². The maximum Gasteiger partial charge on any atom is 0.186 e. The van der Waals surface area contributed by atoms with Gasteiger partial charge in [0, 0.05) is 48.0 Å². The summed E-state index contributed by atoms with van der Waals surface area (Å²) in [5.74, 6) is 0. The third-order valence-electron chi connectivity index (χ3n) is 6.17. The number of hydrogen-bond acceptors (Lipinski definition) is 14. The Morgan fingerprint density at radius 3 is 1.68 bits per heavy atom. The van der Waals surface area contributed by atoms with Crippen LogP contribution in [0.25, 0.3) is 0 Å². The Hall–Kier alpha value is 0.558. The molecule has 0 spiro atoms. The number of methoxy groups -OCH3 is 1. The van der Waals surface area contributed by atoms with Crippen molar-refractivity contribution in [1.82, 2.24) is 0 Å². The molecule has 2 rings (SSSR count). The topological polar surface area (TPSA) is 206 Å². The van der Waals surface area contributed by atoms with Crippen LogP contribution in [0.1, 0.15) is 46.0 Å². The summed E-state index contributed by atoms with van der Waals surface area (Å²) in [6.07, 6.45) is -10.2. The first-order valence-corrected chi connectivity index (χ1v) is 14.4. The molecule has 11 atom stereocenters. The standard InChI is InChI=1S/C22H43O14P.C2H6.W/c1-30-7-3-2-4-9-32-21-19(27)18(26)16(24)14(36-21)12-33-22-20(28)17(25)15(23)13(35-22)11-31-8-5-6-10-34-37-29;1-2;/h13-29,37H,2-12H2,1H3;1-2H3;. The molecule has 16 heteroatoms. The molecule has 0 aromatic rings. The van der Waals surface area contributed by atoms with Gasteiger partial charge in [0.15, 0.2) is 21.6 Å². The van der Waals surface area contributed by atoms with Gasteiger partial charge in [-0.05, 0) is 32.1 Å². The van der Waals surface area contributed by atoms with E-state index in [1.165, 1.54) is 0 Å². The fraction of sp³-hybridized carbons (Fsp3) is 1.00. The smallest absolute Gasteiger partial charge is 0.186 e. The summed E-state index contributed by atoms with van der Waals surface area (Å²) in [7, 11) is 1.05. The third kappa shape index (κ3) is 13.9. The van der Waals surface area contributed by atoms with Crippen molar-refractivity contribution in [2.75, 3.05) is 46.8 Å². The van der Waals surface area contributed by atoms with Crippen LogP contribution < -0.4 is 0 Å². The molecule has 0 aromatic carbocycles. The van der Waals surface area contributed by atoms with Crippen molar-refractivity contribution in [2.45, 2.75) is 107 Å². The Labute approximate surface area is 252 Å². The molecule has 0 radical (unpaired) electrons. The maximum absolute atomic E-state index is 10.3. The van der Waals surface area contributed by atoms with Crippen LogP contribution in [0.2, 0.25) is 0 Å². The molecule has 40 heavy (non-hydrogen) atoms.